The van der Waals surface area contributed by atoms with Crippen molar-refractivity contribution in [1.29, 1.82) is 0 Å². The van der Waals surface area contributed by atoms with Crippen LogP contribution in [-0.4, -0.2) is 16.9 Å². The van der Waals surface area contributed by atoms with E-state index in [0.717, 1.165) is 0 Å². The van der Waals surface area contributed by atoms with Crippen LogP contribution in [0.1, 0.15) is 0 Å². The maximum atomic E-state index is 9.91. The molecule has 0 saturated heterocycles. The highest BCUT2D eigenvalue weighted by Crippen LogP contribution is 1.65. The van der Waals surface area contributed by atoms with Gasteiger partial charge in [0.25, 0.3) is 0 Å². The van der Waals surface area contributed by atoms with Crippen LogP contribution in [0, 0.1) is 0 Å². The Morgan fingerprint density at radius 3 is 2.62 bits per heavy atom. The Labute approximate surface area is 44.0 Å². The summed E-state index contributed by atoms with van der Waals surface area (Å²) in [4.78, 5) is 14.4. The van der Waals surface area contributed by atoms with Gasteiger partial charge in [-0.05, 0) is 10.6 Å². The molecule has 0 aromatic carbocycles. The maximum Gasteiger partial charge on any atom is 0.330 e. The van der Waals surface area contributed by atoms with E-state index >= 15 is 0 Å². The number of carbonyl (C=O) groups is 1. The topological polar surface area (TPSA) is 102 Å². The van der Waals surface area contributed by atoms with E-state index in [2.05, 4.69) is 14.8 Å². The summed E-state index contributed by atoms with van der Waals surface area (Å²) in [6.07, 6.45) is 0.500. The lowest BCUT2D eigenvalue weighted by Crippen LogP contribution is -1.90. The van der Waals surface area contributed by atoms with Gasteiger partial charge in [0.15, 0.2) is 0 Å². The fourth-order valence-electron chi connectivity index (χ4n) is 0.119. The van der Waals surface area contributed by atoms with Gasteiger partial charge in [-0.1, -0.05) is 0 Å². The zero-order chi connectivity index (χ0) is 6.41. The zero-order valence-electron chi connectivity index (χ0n) is 3.72. The Balaban J connectivity index is 4.04. The van der Waals surface area contributed by atoms with Crippen molar-refractivity contribution in [3.8, 4) is 0 Å². The van der Waals surface area contributed by atoms with E-state index in [1.807, 2.05) is 0 Å². The average molecular weight is 111 g/mol. The van der Waals surface area contributed by atoms with Crippen LogP contribution in [0.4, 0.5) is 0 Å². The largest absolute Gasteiger partial charge is 0.361 e. The van der Waals surface area contributed by atoms with Crippen LogP contribution < -0.4 is 0 Å². The molecular formula is C2HN5O. The van der Waals surface area contributed by atoms with E-state index < -0.39 is 5.91 Å². The zero-order valence-corrected chi connectivity index (χ0v) is 3.72. The third-order valence-electron chi connectivity index (χ3n) is 0.311. The number of carbonyl (C=O) groups excluding carboxylic acids is 1. The summed E-state index contributed by atoms with van der Waals surface area (Å²) in [5.74, 6) is -0.921. The third kappa shape index (κ3) is 2.59. The quantitative estimate of drug-likeness (QED) is 0.204. The molecule has 0 aromatic rings. The molecule has 0 rings (SSSR count). The third-order valence-corrected chi connectivity index (χ3v) is 0.311. The summed E-state index contributed by atoms with van der Waals surface area (Å²) in [6, 6.07) is 0. The summed E-state index contributed by atoms with van der Waals surface area (Å²) in [7, 11) is 0. The molecule has 0 saturated carbocycles. The molecule has 0 N–H and O–H groups in total. The van der Waals surface area contributed by atoms with Crippen LogP contribution in [0.3, 0.4) is 0 Å². The van der Waals surface area contributed by atoms with Gasteiger partial charge in [-0.3, -0.25) is 4.79 Å². The molecule has 0 aliphatic rings. The number of rotatable bonds is 1. The molecule has 0 atom stereocenters. The molecule has 0 radical (unpaired) electrons. The van der Waals surface area contributed by atoms with Crippen molar-refractivity contribution < 1.29 is 9.58 Å². The van der Waals surface area contributed by atoms with Crippen LogP contribution in [0.15, 0.2) is 5.11 Å². The maximum absolute atomic E-state index is 9.91. The predicted molar refractivity (Wildman–Crippen MR) is 23.8 cm³/mol. The summed E-state index contributed by atoms with van der Waals surface area (Å²) >= 11 is 0. The molecule has 8 heavy (non-hydrogen) atoms. The van der Waals surface area contributed by atoms with Gasteiger partial charge in [0.2, 0.25) is 0 Å². The molecule has 0 fully saturated rings. The Morgan fingerprint density at radius 2 is 2.25 bits per heavy atom. The smallest absolute Gasteiger partial charge is 0.330 e. The normalized spacial score (nSPS) is 6.00. The van der Waals surface area contributed by atoms with Crippen molar-refractivity contribution in [3.05, 3.63) is 16.0 Å². The van der Waals surface area contributed by atoms with Crippen molar-refractivity contribution >= 4 is 12.1 Å². The van der Waals surface area contributed by atoms with Crippen molar-refractivity contribution in [3.63, 3.8) is 0 Å². The highest BCUT2D eigenvalue weighted by molar-refractivity contribution is 6.24. The Hall–Kier alpha value is -1.64. The van der Waals surface area contributed by atoms with E-state index in [1.165, 1.54) is 0 Å². The fraction of sp³-hybridized carbons (Fsp3) is 0. The summed E-state index contributed by atoms with van der Waals surface area (Å²) < 4.78 is 0. The molecule has 40 valence electrons. The second-order valence-electron chi connectivity index (χ2n) is 0.772. The predicted octanol–water partition coefficient (Wildman–Crippen LogP) is 0.124. The molecule has 1 amide bonds. The lowest BCUT2D eigenvalue weighted by molar-refractivity contribution is -0.115. The molecule has 6 heteroatoms. The number of azide groups is 1. The van der Waals surface area contributed by atoms with E-state index in [1.54, 1.807) is 0 Å². The van der Waals surface area contributed by atoms with Gasteiger partial charge in [-0.15, -0.1) is 0 Å². The second-order valence-corrected chi connectivity index (χ2v) is 0.772. The lowest BCUT2D eigenvalue weighted by Gasteiger charge is -1.59. The monoisotopic (exact) mass is 111 g/mol. The van der Waals surface area contributed by atoms with Gasteiger partial charge < -0.3 is 5.53 Å². The average Bonchev–Trinajstić information content (AvgIpc) is 1.68. The van der Waals surface area contributed by atoms with Crippen LogP contribution >= 0.6 is 0 Å². The minimum absolute atomic E-state index is 0.500. The summed E-state index contributed by atoms with van der Waals surface area (Å²) in [5, 5.41) is 2.55. The molecular weight excluding hydrogens is 110 g/mol. The van der Waals surface area contributed by atoms with Crippen molar-refractivity contribution in [2.75, 3.05) is 0 Å². The molecule has 0 aliphatic heterocycles. The molecule has 0 unspecified atom stereocenters. The minimum atomic E-state index is -0.921. The highest BCUT2D eigenvalue weighted by Gasteiger charge is 1.92. The van der Waals surface area contributed by atoms with Gasteiger partial charge in [-0.25, -0.2) is 0 Å². The van der Waals surface area contributed by atoms with Gasteiger partial charge in [0.05, 0.1) is 0 Å². The standard InChI is InChI=1S/C2HN5O/c3-5-1-2(8)6-7-4/h1H. The van der Waals surface area contributed by atoms with E-state index in [0.29, 0.717) is 6.21 Å². The van der Waals surface area contributed by atoms with E-state index in [9.17, 15) is 4.79 Å². The van der Waals surface area contributed by atoms with Crippen molar-refractivity contribution in [2.24, 2.45) is 5.11 Å². The van der Waals surface area contributed by atoms with Crippen LogP contribution in [0.2, 0.25) is 0 Å². The van der Waals surface area contributed by atoms with E-state index in [4.69, 9.17) is 11.1 Å². The molecule has 0 heterocycles. The molecule has 0 bridgehead atoms. The first-order valence-corrected chi connectivity index (χ1v) is 1.57. The molecule has 0 spiro atoms. The first kappa shape index (κ1) is 6.36. The van der Waals surface area contributed by atoms with Crippen molar-refractivity contribution in [2.45, 2.75) is 0 Å². The Morgan fingerprint density at radius 1 is 1.62 bits per heavy atom. The van der Waals surface area contributed by atoms with E-state index in [-0.39, 0.29) is 0 Å². The minimum Gasteiger partial charge on any atom is -0.361 e. The molecule has 6 nitrogen and oxygen atoms in total. The van der Waals surface area contributed by atoms with Gasteiger partial charge in [0.1, 0.15) is 0 Å². The number of nitrogens with zero attached hydrogens (tertiary/aromatic N) is 5. The van der Waals surface area contributed by atoms with Gasteiger partial charge >= 0.3 is 12.1 Å². The van der Waals surface area contributed by atoms with Gasteiger partial charge in [-0.2, -0.15) is 4.79 Å². The van der Waals surface area contributed by atoms with Crippen molar-refractivity contribution in [1.82, 2.24) is 0 Å². The number of hydrogen-bond acceptors (Lipinski definition) is 1. The molecule has 0 aliphatic carbocycles. The van der Waals surface area contributed by atoms with Gasteiger partial charge in [0, 0.05) is 4.91 Å². The SMILES string of the molecule is [N-]=[N+]=CC(=O)N=[N+]=[N-]. The summed E-state index contributed by atoms with van der Waals surface area (Å²) in [6.45, 7) is 0. The van der Waals surface area contributed by atoms with Crippen LogP contribution in [0.25, 0.3) is 16.0 Å². The Kier molecular flexibility index (Phi) is 2.82. The highest BCUT2D eigenvalue weighted by atomic mass is 16.1. The fourth-order valence-corrected chi connectivity index (χ4v) is 0.119. The number of hydrogen-bond donors (Lipinski definition) is 0. The number of amides is 1. The lowest BCUT2D eigenvalue weighted by atomic mass is 10.7. The first-order chi connectivity index (χ1) is 3.81. The van der Waals surface area contributed by atoms with Crippen LogP contribution in [-0.2, 0) is 4.79 Å². The molecule has 0 aromatic heterocycles. The second kappa shape index (κ2) is 3.55. The Bertz CT molecular complexity index is 163. The van der Waals surface area contributed by atoms with Crippen LogP contribution in [0.5, 0.6) is 0 Å². The summed E-state index contributed by atoms with van der Waals surface area (Å²) in [5.41, 5.74) is 15.2. The first-order valence-electron chi connectivity index (χ1n) is 1.57.